The van der Waals surface area contributed by atoms with Crippen LogP contribution in [0.2, 0.25) is 0 Å². The van der Waals surface area contributed by atoms with Crippen LogP contribution in [0, 0.1) is 5.82 Å². The van der Waals surface area contributed by atoms with Crippen molar-refractivity contribution in [1.29, 1.82) is 0 Å². The zero-order valence-electron chi connectivity index (χ0n) is 10.9. The highest BCUT2D eigenvalue weighted by Gasteiger charge is 2.13. The van der Waals surface area contributed by atoms with Crippen LogP contribution in [-0.2, 0) is 11.2 Å². The zero-order valence-corrected chi connectivity index (χ0v) is 11.7. The van der Waals surface area contributed by atoms with E-state index in [1.807, 2.05) is 0 Å². The number of aryl methyl sites for hydroxylation is 1. The van der Waals surface area contributed by atoms with Gasteiger partial charge < -0.3 is 5.11 Å². The van der Waals surface area contributed by atoms with Gasteiger partial charge in [0.1, 0.15) is 10.8 Å². The molecule has 2 aromatic heterocycles. The molecule has 2 heterocycles. The Balaban J connectivity index is 1.86. The number of fused-ring (bicyclic) bond motifs is 1. The first-order chi connectivity index (χ1) is 10.1. The number of halogens is 1. The van der Waals surface area contributed by atoms with E-state index in [0.717, 1.165) is 10.6 Å². The number of aromatic nitrogens is 4. The maximum absolute atomic E-state index is 12.9. The lowest BCUT2D eigenvalue weighted by molar-refractivity contribution is -0.137. The lowest BCUT2D eigenvalue weighted by Gasteiger charge is -1.96. The fourth-order valence-electron chi connectivity index (χ4n) is 1.93. The Morgan fingerprint density at radius 3 is 2.76 bits per heavy atom. The summed E-state index contributed by atoms with van der Waals surface area (Å²) >= 11 is 1.38. The van der Waals surface area contributed by atoms with Gasteiger partial charge in [0.2, 0.25) is 4.96 Å². The van der Waals surface area contributed by atoms with Crippen LogP contribution in [0.5, 0.6) is 0 Å². The maximum Gasteiger partial charge on any atom is 0.303 e. The Hall–Kier alpha value is -2.35. The first kappa shape index (κ1) is 13.6. The normalized spacial score (nSPS) is 11.1. The van der Waals surface area contributed by atoms with Crippen LogP contribution in [-0.4, -0.2) is 30.9 Å². The monoisotopic (exact) mass is 306 g/mol. The van der Waals surface area contributed by atoms with Crippen molar-refractivity contribution < 1.29 is 14.3 Å². The number of carbonyl (C=O) groups is 1. The molecule has 0 amide bonds. The van der Waals surface area contributed by atoms with Crippen LogP contribution >= 0.6 is 11.3 Å². The van der Waals surface area contributed by atoms with Gasteiger partial charge in [0.05, 0.1) is 0 Å². The average Bonchev–Trinajstić information content (AvgIpc) is 2.99. The van der Waals surface area contributed by atoms with Gasteiger partial charge in [-0.1, -0.05) is 11.3 Å². The Morgan fingerprint density at radius 1 is 1.29 bits per heavy atom. The third-order valence-electron chi connectivity index (χ3n) is 2.92. The molecule has 0 unspecified atom stereocenters. The molecule has 0 saturated heterocycles. The highest BCUT2D eigenvalue weighted by Crippen LogP contribution is 2.22. The Morgan fingerprint density at radius 2 is 2.05 bits per heavy atom. The van der Waals surface area contributed by atoms with E-state index < -0.39 is 5.97 Å². The van der Waals surface area contributed by atoms with E-state index in [1.165, 1.54) is 23.5 Å². The van der Waals surface area contributed by atoms with Crippen molar-refractivity contribution in [3.05, 3.63) is 35.1 Å². The molecule has 3 rings (SSSR count). The van der Waals surface area contributed by atoms with Gasteiger partial charge in [-0.25, -0.2) is 4.39 Å². The van der Waals surface area contributed by atoms with Crippen molar-refractivity contribution in [3.63, 3.8) is 0 Å². The van der Waals surface area contributed by atoms with Crippen LogP contribution in [0.25, 0.3) is 16.3 Å². The van der Waals surface area contributed by atoms with Crippen LogP contribution in [0.15, 0.2) is 24.3 Å². The molecule has 108 valence electrons. The van der Waals surface area contributed by atoms with E-state index in [1.54, 1.807) is 16.6 Å². The second kappa shape index (κ2) is 5.57. The zero-order chi connectivity index (χ0) is 14.8. The maximum atomic E-state index is 12.9. The van der Waals surface area contributed by atoms with E-state index in [9.17, 15) is 9.18 Å². The molecule has 1 aromatic carbocycles. The first-order valence-corrected chi connectivity index (χ1v) is 7.14. The van der Waals surface area contributed by atoms with Gasteiger partial charge in [0, 0.05) is 18.4 Å². The second-order valence-electron chi connectivity index (χ2n) is 4.47. The molecule has 0 aliphatic carbocycles. The van der Waals surface area contributed by atoms with Crippen molar-refractivity contribution >= 4 is 22.3 Å². The molecule has 0 saturated carbocycles. The summed E-state index contributed by atoms with van der Waals surface area (Å²) in [4.78, 5) is 11.1. The number of rotatable bonds is 5. The highest BCUT2D eigenvalue weighted by molar-refractivity contribution is 7.16. The molecule has 0 fully saturated rings. The number of hydrogen-bond acceptors (Lipinski definition) is 5. The van der Waals surface area contributed by atoms with Crippen molar-refractivity contribution in [2.45, 2.75) is 19.3 Å². The van der Waals surface area contributed by atoms with Crippen LogP contribution in [0.3, 0.4) is 0 Å². The summed E-state index contributed by atoms with van der Waals surface area (Å²) in [5, 5.41) is 21.9. The lowest BCUT2D eigenvalue weighted by Crippen LogP contribution is -1.97. The van der Waals surface area contributed by atoms with Crippen LogP contribution in [0.4, 0.5) is 4.39 Å². The first-order valence-electron chi connectivity index (χ1n) is 6.32. The molecule has 0 aliphatic heterocycles. The van der Waals surface area contributed by atoms with Gasteiger partial charge in [0.15, 0.2) is 5.82 Å². The summed E-state index contributed by atoms with van der Waals surface area (Å²) in [6, 6.07) is 5.96. The Labute approximate surface area is 122 Å². The van der Waals surface area contributed by atoms with Gasteiger partial charge in [-0.15, -0.1) is 10.2 Å². The largest absolute Gasteiger partial charge is 0.481 e. The van der Waals surface area contributed by atoms with Crippen molar-refractivity contribution in [3.8, 4) is 11.4 Å². The molecule has 8 heteroatoms. The SMILES string of the molecule is O=C(O)CCCc1nn2c(-c3ccc(F)cc3)nnc2s1. The highest BCUT2D eigenvalue weighted by atomic mass is 32.1. The van der Waals surface area contributed by atoms with Crippen molar-refractivity contribution in [1.82, 2.24) is 19.8 Å². The summed E-state index contributed by atoms with van der Waals surface area (Å²) in [6.07, 6.45) is 1.24. The molecule has 0 bridgehead atoms. The smallest absolute Gasteiger partial charge is 0.303 e. The molecule has 0 radical (unpaired) electrons. The number of carboxylic acid groups (broad SMARTS) is 1. The molecule has 3 aromatic rings. The molecule has 6 nitrogen and oxygen atoms in total. The summed E-state index contributed by atoms with van der Waals surface area (Å²) in [5.41, 5.74) is 0.728. The molecule has 21 heavy (non-hydrogen) atoms. The lowest BCUT2D eigenvalue weighted by atomic mass is 10.2. The molecule has 0 spiro atoms. The van der Waals surface area contributed by atoms with E-state index >= 15 is 0 Å². The number of benzene rings is 1. The topological polar surface area (TPSA) is 80.4 Å². The average molecular weight is 306 g/mol. The Bertz CT molecular complexity index is 781. The standard InChI is InChI=1S/C13H11FN4O2S/c14-9-6-4-8(5-7-9)12-15-16-13-18(12)17-10(21-13)2-1-3-11(19)20/h4-7H,1-3H2,(H,19,20). The molecular formula is C13H11FN4O2S. The number of aliphatic carboxylic acids is 1. The quantitative estimate of drug-likeness (QED) is 0.783. The number of hydrogen-bond donors (Lipinski definition) is 1. The van der Waals surface area contributed by atoms with Gasteiger partial charge in [-0.05, 0) is 30.7 Å². The van der Waals surface area contributed by atoms with Crippen molar-refractivity contribution in [2.24, 2.45) is 0 Å². The van der Waals surface area contributed by atoms with Gasteiger partial charge in [0.25, 0.3) is 0 Å². The van der Waals surface area contributed by atoms with E-state index in [0.29, 0.717) is 23.6 Å². The number of carboxylic acids is 1. The van der Waals surface area contributed by atoms with Crippen molar-refractivity contribution in [2.75, 3.05) is 0 Å². The predicted octanol–water partition coefficient (Wildman–Crippen LogP) is 2.40. The molecule has 1 N–H and O–H groups in total. The van der Waals surface area contributed by atoms with Gasteiger partial charge >= 0.3 is 5.97 Å². The molecule has 0 aliphatic rings. The fourth-order valence-corrected chi connectivity index (χ4v) is 2.80. The van der Waals surface area contributed by atoms with Crippen LogP contribution < -0.4 is 0 Å². The third kappa shape index (κ3) is 2.89. The number of nitrogens with zero attached hydrogens (tertiary/aromatic N) is 4. The Kier molecular flexibility index (Phi) is 3.61. The molecule has 0 atom stereocenters. The van der Waals surface area contributed by atoms with Crippen LogP contribution in [0.1, 0.15) is 17.8 Å². The van der Waals surface area contributed by atoms with E-state index in [-0.39, 0.29) is 12.2 Å². The minimum atomic E-state index is -0.815. The summed E-state index contributed by atoms with van der Waals surface area (Å²) in [6.45, 7) is 0. The minimum Gasteiger partial charge on any atom is -0.481 e. The third-order valence-corrected chi connectivity index (χ3v) is 3.87. The summed E-state index contributed by atoms with van der Waals surface area (Å²) in [5.74, 6) is -0.581. The summed E-state index contributed by atoms with van der Waals surface area (Å²) < 4.78 is 14.6. The second-order valence-corrected chi connectivity index (χ2v) is 5.51. The van der Waals surface area contributed by atoms with E-state index in [2.05, 4.69) is 15.3 Å². The molecular weight excluding hydrogens is 295 g/mol. The minimum absolute atomic E-state index is 0.116. The van der Waals surface area contributed by atoms with E-state index in [4.69, 9.17) is 5.11 Å². The fraction of sp³-hybridized carbons (Fsp3) is 0.231. The van der Waals surface area contributed by atoms with Gasteiger partial charge in [-0.3, -0.25) is 4.79 Å². The van der Waals surface area contributed by atoms with Gasteiger partial charge in [-0.2, -0.15) is 9.61 Å². The predicted molar refractivity (Wildman–Crippen MR) is 74.6 cm³/mol. The summed E-state index contributed by atoms with van der Waals surface area (Å²) in [7, 11) is 0.